The van der Waals surface area contributed by atoms with E-state index in [1.54, 1.807) is 6.08 Å². The molecule has 0 fully saturated rings. The molecule has 1 unspecified atom stereocenters. The van der Waals surface area contributed by atoms with Crippen molar-refractivity contribution in [1.82, 2.24) is 5.32 Å². The number of rotatable bonds is 5. The molecule has 1 aromatic carbocycles. The molecule has 0 aliphatic heterocycles. The highest BCUT2D eigenvalue weighted by atomic mass is 79.9. The van der Waals surface area contributed by atoms with Crippen molar-refractivity contribution in [1.29, 1.82) is 0 Å². The zero-order chi connectivity index (χ0) is 12.0. The number of nitrogens with two attached hydrogens (primary N) is 1. The Morgan fingerprint density at radius 2 is 2.38 bits per heavy atom. The zero-order valence-corrected chi connectivity index (χ0v) is 10.5. The maximum atomic E-state index is 11.5. The number of hydrogen-bond donors (Lipinski definition) is 2. The van der Waals surface area contributed by atoms with E-state index in [0.29, 0.717) is 13.0 Å². The summed E-state index contributed by atoms with van der Waals surface area (Å²) >= 11 is 3.37. The molecular formula is C12H15BrN2O. The van der Waals surface area contributed by atoms with E-state index in [2.05, 4.69) is 27.8 Å². The third-order valence-electron chi connectivity index (χ3n) is 2.11. The highest BCUT2D eigenvalue weighted by molar-refractivity contribution is 9.10. The molecule has 1 amide bonds. The number of benzene rings is 1. The van der Waals surface area contributed by atoms with Crippen molar-refractivity contribution in [3.05, 3.63) is 47.0 Å². The van der Waals surface area contributed by atoms with Gasteiger partial charge in [-0.2, -0.15) is 0 Å². The van der Waals surface area contributed by atoms with E-state index in [-0.39, 0.29) is 5.91 Å². The van der Waals surface area contributed by atoms with Crippen LogP contribution in [0.15, 0.2) is 41.4 Å². The van der Waals surface area contributed by atoms with Gasteiger partial charge in [0.25, 0.3) is 0 Å². The molecule has 0 saturated carbocycles. The maximum Gasteiger partial charge on any atom is 0.237 e. The van der Waals surface area contributed by atoms with Crippen molar-refractivity contribution in [2.75, 3.05) is 0 Å². The van der Waals surface area contributed by atoms with Crippen molar-refractivity contribution < 1.29 is 4.79 Å². The van der Waals surface area contributed by atoms with Gasteiger partial charge >= 0.3 is 0 Å². The fraction of sp³-hybridized carbons (Fsp3) is 0.250. The lowest BCUT2D eigenvalue weighted by Crippen LogP contribution is -2.39. The minimum Gasteiger partial charge on any atom is -0.351 e. The van der Waals surface area contributed by atoms with Gasteiger partial charge in [0.15, 0.2) is 0 Å². The van der Waals surface area contributed by atoms with E-state index < -0.39 is 6.04 Å². The molecule has 1 aromatic rings. The number of carbonyl (C=O) groups excluding carboxylic acids is 1. The van der Waals surface area contributed by atoms with Gasteiger partial charge in [-0.25, -0.2) is 0 Å². The number of carbonyl (C=O) groups is 1. The first-order valence-electron chi connectivity index (χ1n) is 5.02. The van der Waals surface area contributed by atoms with Gasteiger partial charge < -0.3 is 11.1 Å². The molecule has 16 heavy (non-hydrogen) atoms. The molecule has 1 rings (SSSR count). The summed E-state index contributed by atoms with van der Waals surface area (Å²) < 4.78 is 0.995. The summed E-state index contributed by atoms with van der Waals surface area (Å²) in [5.41, 5.74) is 6.66. The Balaban J connectivity index is 2.45. The molecule has 0 spiro atoms. The molecule has 3 N–H and O–H groups in total. The highest BCUT2D eigenvalue weighted by Gasteiger charge is 2.10. The van der Waals surface area contributed by atoms with Crippen molar-refractivity contribution in [3.8, 4) is 0 Å². The molecule has 1 atom stereocenters. The molecule has 0 aliphatic rings. The van der Waals surface area contributed by atoms with E-state index in [1.807, 2.05) is 24.3 Å². The predicted molar refractivity (Wildman–Crippen MR) is 68.8 cm³/mol. The average molecular weight is 283 g/mol. The SMILES string of the molecule is C=CCC(N)C(=O)NCc1cccc(Br)c1. The molecule has 0 aliphatic carbocycles. The first-order chi connectivity index (χ1) is 7.63. The summed E-state index contributed by atoms with van der Waals surface area (Å²) in [7, 11) is 0. The third kappa shape index (κ3) is 4.16. The molecular weight excluding hydrogens is 268 g/mol. The fourth-order valence-electron chi connectivity index (χ4n) is 1.25. The minimum absolute atomic E-state index is 0.153. The molecule has 0 radical (unpaired) electrons. The smallest absolute Gasteiger partial charge is 0.237 e. The molecule has 4 heteroatoms. The van der Waals surface area contributed by atoms with Crippen molar-refractivity contribution >= 4 is 21.8 Å². The van der Waals surface area contributed by atoms with Gasteiger partial charge in [-0.1, -0.05) is 34.1 Å². The maximum absolute atomic E-state index is 11.5. The van der Waals surface area contributed by atoms with E-state index in [9.17, 15) is 4.79 Å². The number of hydrogen-bond acceptors (Lipinski definition) is 2. The van der Waals surface area contributed by atoms with E-state index in [1.165, 1.54) is 0 Å². The van der Waals surface area contributed by atoms with Crippen molar-refractivity contribution in [2.24, 2.45) is 5.73 Å². The van der Waals surface area contributed by atoms with Crippen LogP contribution < -0.4 is 11.1 Å². The Morgan fingerprint density at radius 1 is 1.62 bits per heavy atom. The van der Waals surface area contributed by atoms with Crippen LogP contribution in [0, 0.1) is 0 Å². The normalized spacial score (nSPS) is 11.9. The second kappa shape index (κ2) is 6.45. The van der Waals surface area contributed by atoms with Gasteiger partial charge in [0, 0.05) is 11.0 Å². The second-order valence-electron chi connectivity index (χ2n) is 3.48. The summed E-state index contributed by atoms with van der Waals surface area (Å²) in [5.74, 6) is -0.153. The summed E-state index contributed by atoms with van der Waals surface area (Å²) in [6, 6.07) is 7.26. The lowest BCUT2D eigenvalue weighted by atomic mass is 10.2. The Morgan fingerprint density at radius 3 is 3.00 bits per heavy atom. The Hall–Kier alpha value is -1.13. The molecule has 0 bridgehead atoms. The van der Waals surface area contributed by atoms with Gasteiger partial charge in [0.2, 0.25) is 5.91 Å². The van der Waals surface area contributed by atoms with Crippen molar-refractivity contribution in [3.63, 3.8) is 0 Å². The summed E-state index contributed by atoms with van der Waals surface area (Å²) in [6.45, 7) is 4.04. The number of amides is 1. The highest BCUT2D eigenvalue weighted by Crippen LogP contribution is 2.11. The predicted octanol–water partition coefficient (Wildman–Crippen LogP) is 1.97. The van der Waals surface area contributed by atoms with Crippen LogP contribution in [0.5, 0.6) is 0 Å². The monoisotopic (exact) mass is 282 g/mol. The quantitative estimate of drug-likeness (QED) is 0.812. The van der Waals surface area contributed by atoms with Crippen LogP contribution in [0.3, 0.4) is 0 Å². The average Bonchev–Trinajstić information content (AvgIpc) is 2.26. The first kappa shape index (κ1) is 12.9. The number of nitrogens with one attached hydrogen (secondary N) is 1. The lowest BCUT2D eigenvalue weighted by Gasteiger charge is -2.10. The Labute approximate surface area is 104 Å². The van der Waals surface area contributed by atoms with Gasteiger partial charge in [-0.05, 0) is 24.1 Å². The van der Waals surface area contributed by atoms with Gasteiger partial charge in [0.05, 0.1) is 6.04 Å². The van der Waals surface area contributed by atoms with Gasteiger partial charge in [0.1, 0.15) is 0 Å². The van der Waals surface area contributed by atoms with Crippen LogP contribution in [-0.2, 0) is 11.3 Å². The first-order valence-corrected chi connectivity index (χ1v) is 5.81. The molecule has 0 aromatic heterocycles. The van der Waals surface area contributed by atoms with Crippen LogP contribution in [0.1, 0.15) is 12.0 Å². The van der Waals surface area contributed by atoms with Crippen LogP contribution in [0.4, 0.5) is 0 Å². The number of halogens is 1. The van der Waals surface area contributed by atoms with Crippen LogP contribution in [-0.4, -0.2) is 11.9 Å². The van der Waals surface area contributed by atoms with E-state index in [4.69, 9.17) is 5.73 Å². The lowest BCUT2D eigenvalue weighted by molar-refractivity contribution is -0.122. The van der Waals surface area contributed by atoms with E-state index in [0.717, 1.165) is 10.0 Å². The summed E-state index contributed by atoms with van der Waals surface area (Å²) in [5, 5.41) is 2.78. The molecule has 0 heterocycles. The second-order valence-corrected chi connectivity index (χ2v) is 4.39. The van der Waals surface area contributed by atoms with E-state index >= 15 is 0 Å². The third-order valence-corrected chi connectivity index (χ3v) is 2.61. The van der Waals surface area contributed by atoms with Crippen LogP contribution >= 0.6 is 15.9 Å². The molecule has 3 nitrogen and oxygen atoms in total. The van der Waals surface area contributed by atoms with Crippen LogP contribution in [0.25, 0.3) is 0 Å². The van der Waals surface area contributed by atoms with Gasteiger partial charge in [-0.15, -0.1) is 6.58 Å². The summed E-state index contributed by atoms with van der Waals surface area (Å²) in [4.78, 5) is 11.5. The minimum atomic E-state index is -0.510. The van der Waals surface area contributed by atoms with Gasteiger partial charge in [-0.3, -0.25) is 4.79 Å². The zero-order valence-electron chi connectivity index (χ0n) is 8.95. The fourth-order valence-corrected chi connectivity index (χ4v) is 1.70. The van der Waals surface area contributed by atoms with Crippen molar-refractivity contribution in [2.45, 2.75) is 19.0 Å². The molecule has 86 valence electrons. The largest absolute Gasteiger partial charge is 0.351 e. The topological polar surface area (TPSA) is 55.1 Å². The standard InChI is InChI=1S/C12H15BrN2O/c1-2-4-11(14)12(16)15-8-9-5-3-6-10(13)7-9/h2-3,5-7,11H,1,4,8,14H2,(H,15,16). The summed E-state index contributed by atoms with van der Waals surface area (Å²) in [6.07, 6.45) is 2.13. The molecule has 0 saturated heterocycles. The Kier molecular flexibility index (Phi) is 5.22. The Bertz CT molecular complexity index is 379. The van der Waals surface area contributed by atoms with Crippen LogP contribution in [0.2, 0.25) is 0 Å².